The minimum atomic E-state index is 0.356. The molecule has 0 radical (unpaired) electrons. The van der Waals surface area contributed by atoms with Gasteiger partial charge < -0.3 is 0 Å². The number of benzene rings is 1. The van der Waals surface area contributed by atoms with Gasteiger partial charge in [-0.1, -0.05) is 28.3 Å². The Kier molecular flexibility index (Phi) is 2.82. The summed E-state index contributed by atoms with van der Waals surface area (Å²) in [5, 5.41) is 4.33. The summed E-state index contributed by atoms with van der Waals surface area (Å²) in [7, 11) is 0. The minimum absolute atomic E-state index is 0.356. The number of nitrogens with zero attached hydrogens (tertiary/aromatic N) is 3. The van der Waals surface area contributed by atoms with Crippen LogP contribution in [0.5, 0.6) is 0 Å². The summed E-state index contributed by atoms with van der Waals surface area (Å²) in [5.41, 5.74) is 9.38. The molecule has 1 aromatic carbocycles. The molecule has 1 rings (SSSR count). The zero-order valence-corrected chi connectivity index (χ0v) is 7.76. The summed E-state index contributed by atoms with van der Waals surface area (Å²) in [5.74, 6) is 0. The van der Waals surface area contributed by atoms with Crippen LogP contribution in [0, 0.1) is 6.92 Å². The van der Waals surface area contributed by atoms with Crippen LogP contribution in [0.15, 0.2) is 17.2 Å². The lowest BCUT2D eigenvalue weighted by molar-refractivity contribution is 1.41. The molecule has 1 aromatic rings. The fourth-order valence-corrected chi connectivity index (χ4v) is 1.17. The van der Waals surface area contributed by atoms with Crippen LogP contribution in [0.2, 0.25) is 10.0 Å². The Bertz CT molecular complexity index is 356. The van der Waals surface area contributed by atoms with E-state index in [9.17, 15) is 0 Å². The first kappa shape index (κ1) is 9.20. The van der Waals surface area contributed by atoms with Crippen LogP contribution in [0.25, 0.3) is 10.4 Å². The summed E-state index contributed by atoms with van der Waals surface area (Å²) < 4.78 is 0. The van der Waals surface area contributed by atoms with Gasteiger partial charge in [0.15, 0.2) is 0 Å². The summed E-state index contributed by atoms with van der Waals surface area (Å²) in [6.07, 6.45) is 0. The maximum absolute atomic E-state index is 8.16. The van der Waals surface area contributed by atoms with Gasteiger partial charge in [-0.05, 0) is 30.2 Å². The summed E-state index contributed by atoms with van der Waals surface area (Å²) in [6, 6.07) is 3.20. The zero-order chi connectivity index (χ0) is 9.14. The molecule has 0 N–H and O–H groups in total. The first-order valence-corrected chi connectivity index (χ1v) is 3.91. The number of halogens is 2. The van der Waals surface area contributed by atoms with E-state index in [1.807, 2.05) is 6.92 Å². The molecule has 0 fully saturated rings. The molecular weight excluding hydrogens is 197 g/mol. The van der Waals surface area contributed by atoms with E-state index in [0.29, 0.717) is 15.7 Å². The van der Waals surface area contributed by atoms with Crippen molar-refractivity contribution < 1.29 is 0 Å². The lowest BCUT2D eigenvalue weighted by atomic mass is 10.2. The van der Waals surface area contributed by atoms with E-state index < -0.39 is 0 Å². The lowest BCUT2D eigenvalue weighted by Crippen LogP contribution is -1.75. The Morgan fingerprint density at radius 2 is 2.00 bits per heavy atom. The standard InChI is InChI=1S/C7H5Cl2N3/c1-4-2-6(9)7(11-12-10)3-5(4)8/h2-3H,1H3. The molecule has 0 aliphatic carbocycles. The van der Waals surface area contributed by atoms with Crippen molar-refractivity contribution in [3.05, 3.63) is 38.2 Å². The Labute approximate surface area is 79.5 Å². The van der Waals surface area contributed by atoms with E-state index in [-0.39, 0.29) is 0 Å². The third-order valence-electron chi connectivity index (χ3n) is 1.38. The molecule has 0 heterocycles. The van der Waals surface area contributed by atoms with Crippen molar-refractivity contribution in [3.8, 4) is 0 Å². The average Bonchev–Trinajstić information content (AvgIpc) is 2.01. The van der Waals surface area contributed by atoms with Gasteiger partial charge in [0.05, 0.1) is 10.7 Å². The second kappa shape index (κ2) is 3.68. The zero-order valence-electron chi connectivity index (χ0n) is 6.25. The van der Waals surface area contributed by atoms with E-state index in [1.165, 1.54) is 0 Å². The van der Waals surface area contributed by atoms with E-state index in [0.717, 1.165) is 5.56 Å². The molecule has 0 aliphatic rings. The smallest absolute Gasteiger partial charge is 0.0576 e. The SMILES string of the molecule is Cc1cc(Cl)c(N=[N+]=[N-])cc1Cl. The number of azide groups is 1. The highest BCUT2D eigenvalue weighted by Crippen LogP contribution is 2.30. The van der Waals surface area contributed by atoms with Crippen LogP contribution >= 0.6 is 23.2 Å². The normalized spacial score (nSPS) is 9.25. The fraction of sp³-hybridized carbons (Fsp3) is 0.143. The Balaban J connectivity index is 3.32. The molecule has 12 heavy (non-hydrogen) atoms. The topological polar surface area (TPSA) is 48.8 Å². The number of hydrogen-bond acceptors (Lipinski definition) is 1. The Morgan fingerprint density at radius 1 is 1.33 bits per heavy atom. The first-order valence-electron chi connectivity index (χ1n) is 3.16. The van der Waals surface area contributed by atoms with Gasteiger partial charge in [-0.3, -0.25) is 0 Å². The largest absolute Gasteiger partial charge is 0.0840 e. The van der Waals surface area contributed by atoms with Crippen molar-refractivity contribution >= 4 is 28.9 Å². The number of hydrogen-bond donors (Lipinski definition) is 0. The molecule has 0 saturated heterocycles. The maximum atomic E-state index is 8.16. The first-order chi connectivity index (χ1) is 5.65. The average molecular weight is 202 g/mol. The molecule has 0 bridgehead atoms. The summed E-state index contributed by atoms with van der Waals surface area (Å²) in [4.78, 5) is 2.62. The molecule has 0 spiro atoms. The van der Waals surface area contributed by atoms with E-state index >= 15 is 0 Å². The molecule has 0 atom stereocenters. The molecule has 62 valence electrons. The fourth-order valence-electron chi connectivity index (χ4n) is 0.761. The van der Waals surface area contributed by atoms with Crippen molar-refractivity contribution in [2.45, 2.75) is 6.92 Å². The molecule has 3 nitrogen and oxygen atoms in total. The molecule has 0 unspecified atom stereocenters. The monoisotopic (exact) mass is 201 g/mol. The van der Waals surface area contributed by atoms with Crippen LogP contribution in [0.4, 0.5) is 5.69 Å². The highest BCUT2D eigenvalue weighted by Gasteiger charge is 2.01. The van der Waals surface area contributed by atoms with Gasteiger partial charge >= 0.3 is 0 Å². The number of aryl methyl sites for hydroxylation is 1. The second-order valence-electron chi connectivity index (χ2n) is 2.24. The molecule has 0 saturated carbocycles. The predicted molar refractivity (Wildman–Crippen MR) is 50.0 cm³/mol. The van der Waals surface area contributed by atoms with Crippen LogP contribution in [0.3, 0.4) is 0 Å². The number of rotatable bonds is 1. The van der Waals surface area contributed by atoms with Crippen molar-refractivity contribution in [1.82, 2.24) is 0 Å². The summed E-state index contributed by atoms with van der Waals surface area (Å²) in [6.45, 7) is 1.83. The third kappa shape index (κ3) is 1.83. The summed E-state index contributed by atoms with van der Waals surface area (Å²) >= 11 is 11.5. The van der Waals surface area contributed by atoms with Gasteiger partial charge in [0.2, 0.25) is 0 Å². The van der Waals surface area contributed by atoms with Crippen LogP contribution in [-0.2, 0) is 0 Å². The van der Waals surface area contributed by atoms with Gasteiger partial charge in [-0.15, -0.1) is 0 Å². The van der Waals surface area contributed by atoms with Crippen molar-refractivity contribution in [2.75, 3.05) is 0 Å². The molecule has 5 heteroatoms. The van der Waals surface area contributed by atoms with Gasteiger partial charge in [-0.2, -0.15) is 0 Å². The highest BCUT2D eigenvalue weighted by molar-refractivity contribution is 6.35. The van der Waals surface area contributed by atoms with Gasteiger partial charge in [0.1, 0.15) is 0 Å². The maximum Gasteiger partial charge on any atom is 0.0576 e. The van der Waals surface area contributed by atoms with E-state index in [2.05, 4.69) is 10.0 Å². The molecule has 0 amide bonds. The predicted octanol–water partition coefficient (Wildman–Crippen LogP) is 4.24. The molecule has 0 aromatic heterocycles. The van der Waals surface area contributed by atoms with Crippen LogP contribution < -0.4 is 0 Å². The van der Waals surface area contributed by atoms with E-state index in [4.69, 9.17) is 28.7 Å². The van der Waals surface area contributed by atoms with Crippen LogP contribution in [0.1, 0.15) is 5.56 Å². The Morgan fingerprint density at radius 3 is 2.58 bits per heavy atom. The van der Waals surface area contributed by atoms with E-state index in [1.54, 1.807) is 12.1 Å². The van der Waals surface area contributed by atoms with Crippen molar-refractivity contribution in [2.24, 2.45) is 5.11 Å². The highest BCUT2D eigenvalue weighted by atomic mass is 35.5. The van der Waals surface area contributed by atoms with Crippen molar-refractivity contribution in [1.29, 1.82) is 0 Å². The van der Waals surface area contributed by atoms with Crippen molar-refractivity contribution in [3.63, 3.8) is 0 Å². The minimum Gasteiger partial charge on any atom is -0.0840 e. The lowest BCUT2D eigenvalue weighted by Gasteiger charge is -2.00. The van der Waals surface area contributed by atoms with Crippen LogP contribution in [-0.4, -0.2) is 0 Å². The van der Waals surface area contributed by atoms with Gasteiger partial charge in [0.25, 0.3) is 0 Å². The van der Waals surface area contributed by atoms with Gasteiger partial charge in [0, 0.05) is 9.93 Å². The third-order valence-corrected chi connectivity index (χ3v) is 2.09. The Hall–Kier alpha value is -0.890. The molecular formula is C7H5Cl2N3. The molecule has 0 aliphatic heterocycles. The quantitative estimate of drug-likeness (QED) is 0.371. The second-order valence-corrected chi connectivity index (χ2v) is 3.06. The van der Waals surface area contributed by atoms with Gasteiger partial charge in [-0.25, -0.2) is 0 Å².